The van der Waals surface area contributed by atoms with Gasteiger partial charge in [0.25, 0.3) is 0 Å². The molecule has 2 aromatic rings. The van der Waals surface area contributed by atoms with E-state index in [4.69, 9.17) is 33.2 Å². The Morgan fingerprint density at radius 3 is 2.31 bits per heavy atom. The Morgan fingerprint density at radius 2 is 1.55 bits per heavy atom. The zero-order valence-corrected chi connectivity index (χ0v) is 16.7. The van der Waals surface area contributed by atoms with E-state index in [2.05, 4.69) is 0 Å². The van der Waals surface area contributed by atoms with Crippen molar-refractivity contribution in [2.75, 3.05) is 41.3 Å². The molecule has 0 bridgehead atoms. The van der Waals surface area contributed by atoms with E-state index in [1.807, 2.05) is 30.3 Å². The van der Waals surface area contributed by atoms with Crippen LogP contribution in [-0.2, 0) is 9.47 Å². The molecular weight excluding hydrogens is 376 g/mol. The van der Waals surface area contributed by atoms with Gasteiger partial charge in [-0.1, -0.05) is 6.07 Å². The molecule has 2 aromatic carbocycles. The summed E-state index contributed by atoms with van der Waals surface area (Å²) in [5.41, 5.74) is 2.04. The normalized spacial score (nSPS) is 27.0. The predicted molar refractivity (Wildman–Crippen MR) is 103 cm³/mol. The molecule has 0 unspecified atom stereocenters. The van der Waals surface area contributed by atoms with Crippen molar-refractivity contribution in [1.82, 2.24) is 0 Å². The molecule has 7 heteroatoms. The lowest BCUT2D eigenvalue weighted by Gasteiger charge is -2.20. The van der Waals surface area contributed by atoms with E-state index in [9.17, 15) is 0 Å². The van der Waals surface area contributed by atoms with Crippen molar-refractivity contribution >= 4 is 0 Å². The molecule has 0 radical (unpaired) electrons. The molecule has 29 heavy (non-hydrogen) atoms. The second kappa shape index (κ2) is 7.31. The van der Waals surface area contributed by atoms with Crippen LogP contribution in [0.1, 0.15) is 23.3 Å². The van der Waals surface area contributed by atoms with Crippen LogP contribution in [-0.4, -0.2) is 41.3 Å². The fourth-order valence-corrected chi connectivity index (χ4v) is 4.64. The van der Waals surface area contributed by atoms with Crippen molar-refractivity contribution in [3.63, 3.8) is 0 Å². The maximum absolute atomic E-state index is 6.25. The van der Waals surface area contributed by atoms with Crippen LogP contribution in [0.5, 0.6) is 28.7 Å². The maximum Gasteiger partial charge on any atom is 0.231 e. The van der Waals surface area contributed by atoms with Gasteiger partial charge in [0, 0.05) is 17.4 Å². The standard InChI is InChI=1S/C22H24O7/c1-23-16-6-4-12(8-18(16)24-2)19-14-9-27-20(15(14)10-26-19)13-5-7-17-22(21(13)25-3)29-11-28-17/h4-8,14-15,19-20H,9-11H2,1-3H3/t14-,15-,19+,20+/m0/s1. The molecular formula is C22H24O7. The Hall–Kier alpha value is -2.64. The van der Waals surface area contributed by atoms with E-state index in [1.54, 1.807) is 21.3 Å². The number of fused-ring (bicyclic) bond motifs is 2. The number of methoxy groups -OCH3 is 3. The van der Waals surface area contributed by atoms with Crippen LogP contribution in [0.15, 0.2) is 30.3 Å². The number of rotatable bonds is 5. The lowest BCUT2D eigenvalue weighted by Crippen LogP contribution is -2.15. The summed E-state index contributed by atoms with van der Waals surface area (Å²) in [5.74, 6) is 3.90. The molecule has 2 saturated heterocycles. The van der Waals surface area contributed by atoms with Crippen molar-refractivity contribution in [2.45, 2.75) is 12.2 Å². The minimum atomic E-state index is -0.116. The van der Waals surface area contributed by atoms with Gasteiger partial charge in [-0.3, -0.25) is 0 Å². The number of hydrogen-bond acceptors (Lipinski definition) is 7. The molecule has 0 spiro atoms. The van der Waals surface area contributed by atoms with Crippen molar-refractivity contribution in [3.05, 3.63) is 41.5 Å². The number of benzene rings is 2. The van der Waals surface area contributed by atoms with Crippen molar-refractivity contribution in [2.24, 2.45) is 11.8 Å². The molecule has 3 aliphatic rings. The highest BCUT2D eigenvalue weighted by molar-refractivity contribution is 5.58. The van der Waals surface area contributed by atoms with Crippen LogP contribution in [0.2, 0.25) is 0 Å². The number of ether oxygens (including phenoxy) is 7. The fourth-order valence-electron chi connectivity index (χ4n) is 4.64. The second-order valence-electron chi connectivity index (χ2n) is 7.37. The summed E-state index contributed by atoms with van der Waals surface area (Å²) in [6.07, 6.45) is -0.167. The van der Waals surface area contributed by atoms with Gasteiger partial charge >= 0.3 is 0 Å². The SMILES string of the molecule is COc1ccc([C@H]2OC[C@H]3[C@@H]2CO[C@@H]3c2ccc3c(c2OC)OCO3)cc1OC. The first-order chi connectivity index (χ1) is 14.2. The number of hydrogen-bond donors (Lipinski definition) is 0. The molecule has 154 valence electrons. The zero-order valence-electron chi connectivity index (χ0n) is 16.7. The topological polar surface area (TPSA) is 64.6 Å². The summed E-state index contributed by atoms with van der Waals surface area (Å²) in [4.78, 5) is 0. The van der Waals surface area contributed by atoms with Gasteiger partial charge in [0.1, 0.15) is 0 Å². The molecule has 3 heterocycles. The van der Waals surface area contributed by atoms with Gasteiger partial charge in [-0.2, -0.15) is 0 Å². The Kier molecular flexibility index (Phi) is 4.64. The zero-order chi connectivity index (χ0) is 20.0. The van der Waals surface area contributed by atoms with E-state index in [1.165, 1.54) is 0 Å². The van der Waals surface area contributed by atoms with Gasteiger partial charge < -0.3 is 33.2 Å². The highest BCUT2D eigenvalue weighted by Crippen LogP contribution is 2.54. The smallest absolute Gasteiger partial charge is 0.231 e. The first-order valence-electron chi connectivity index (χ1n) is 9.66. The first kappa shape index (κ1) is 18.4. The molecule has 0 aliphatic carbocycles. The molecule has 0 N–H and O–H groups in total. The molecule has 4 atom stereocenters. The van der Waals surface area contributed by atoms with Gasteiger partial charge in [0.2, 0.25) is 12.5 Å². The monoisotopic (exact) mass is 400 g/mol. The summed E-state index contributed by atoms with van der Waals surface area (Å²) < 4.78 is 40.0. The Balaban J connectivity index is 1.43. The highest BCUT2D eigenvalue weighted by Gasteiger charge is 2.49. The molecule has 0 amide bonds. The Morgan fingerprint density at radius 1 is 0.793 bits per heavy atom. The van der Waals surface area contributed by atoms with Gasteiger partial charge in [-0.15, -0.1) is 0 Å². The van der Waals surface area contributed by atoms with E-state index in [0.717, 1.165) is 11.1 Å². The van der Waals surface area contributed by atoms with Gasteiger partial charge in [0.05, 0.1) is 46.8 Å². The molecule has 0 saturated carbocycles. The summed E-state index contributed by atoms with van der Waals surface area (Å²) in [6, 6.07) is 9.85. The van der Waals surface area contributed by atoms with Crippen LogP contribution in [0.4, 0.5) is 0 Å². The Bertz CT molecular complexity index is 912. The summed E-state index contributed by atoms with van der Waals surface area (Å²) >= 11 is 0. The summed E-state index contributed by atoms with van der Waals surface area (Å²) in [7, 11) is 4.92. The van der Waals surface area contributed by atoms with Crippen LogP contribution in [0, 0.1) is 11.8 Å². The Labute approximate surface area is 169 Å². The van der Waals surface area contributed by atoms with Crippen molar-refractivity contribution in [3.8, 4) is 28.7 Å². The van der Waals surface area contributed by atoms with Crippen LogP contribution in [0.25, 0.3) is 0 Å². The molecule has 2 fully saturated rings. The van der Waals surface area contributed by atoms with Crippen LogP contribution >= 0.6 is 0 Å². The quantitative estimate of drug-likeness (QED) is 0.761. The van der Waals surface area contributed by atoms with E-state index in [-0.39, 0.29) is 30.8 Å². The van der Waals surface area contributed by atoms with Crippen molar-refractivity contribution in [1.29, 1.82) is 0 Å². The van der Waals surface area contributed by atoms with E-state index in [0.29, 0.717) is 42.0 Å². The minimum Gasteiger partial charge on any atom is -0.493 e. The molecule has 0 aromatic heterocycles. The maximum atomic E-state index is 6.25. The average Bonchev–Trinajstić information content (AvgIpc) is 3.48. The van der Waals surface area contributed by atoms with Crippen LogP contribution < -0.4 is 23.7 Å². The van der Waals surface area contributed by atoms with Gasteiger partial charge in [0.15, 0.2) is 23.0 Å². The average molecular weight is 400 g/mol. The second-order valence-corrected chi connectivity index (χ2v) is 7.37. The molecule has 3 aliphatic heterocycles. The fraction of sp³-hybridized carbons (Fsp3) is 0.455. The first-order valence-corrected chi connectivity index (χ1v) is 9.66. The third kappa shape index (κ3) is 2.88. The predicted octanol–water partition coefficient (Wildman–Crippen LogP) is 3.52. The van der Waals surface area contributed by atoms with Gasteiger partial charge in [-0.05, 0) is 29.8 Å². The van der Waals surface area contributed by atoms with E-state index >= 15 is 0 Å². The van der Waals surface area contributed by atoms with Crippen molar-refractivity contribution < 1.29 is 33.2 Å². The van der Waals surface area contributed by atoms with Gasteiger partial charge in [-0.25, -0.2) is 0 Å². The molecule has 7 nitrogen and oxygen atoms in total. The lowest BCUT2D eigenvalue weighted by molar-refractivity contribution is 0.0184. The minimum absolute atomic E-state index is 0.0511. The largest absolute Gasteiger partial charge is 0.493 e. The third-order valence-electron chi connectivity index (χ3n) is 6.04. The highest BCUT2D eigenvalue weighted by atomic mass is 16.7. The van der Waals surface area contributed by atoms with Crippen LogP contribution in [0.3, 0.4) is 0 Å². The lowest BCUT2D eigenvalue weighted by atomic mass is 9.84. The third-order valence-corrected chi connectivity index (χ3v) is 6.04. The van der Waals surface area contributed by atoms with E-state index < -0.39 is 0 Å². The summed E-state index contributed by atoms with van der Waals surface area (Å²) in [6.45, 7) is 1.44. The summed E-state index contributed by atoms with van der Waals surface area (Å²) in [5, 5.41) is 0. The molecule has 5 rings (SSSR count).